The molecule has 214 valence electrons. The Kier molecular flexibility index (Phi) is 9.91. The van der Waals surface area contributed by atoms with Crippen LogP contribution >= 0.6 is 27.3 Å². The van der Waals surface area contributed by atoms with Gasteiger partial charge in [0.05, 0.1) is 47.6 Å². The molecular weight excluding hydrogens is 612 g/mol. The van der Waals surface area contributed by atoms with Gasteiger partial charge in [-0.25, -0.2) is 9.79 Å². The number of carbonyl (C=O) groups excluding carboxylic acids is 1. The minimum atomic E-state index is -0.791. The molecule has 0 fully saturated rings. The van der Waals surface area contributed by atoms with Crippen LogP contribution in [-0.2, 0) is 9.53 Å². The second-order valence-electron chi connectivity index (χ2n) is 8.50. The summed E-state index contributed by atoms with van der Waals surface area (Å²) in [7, 11) is 1.29. The standard InChI is InChI=1S/C30H29BrN2O7S/c1-6-12-40-27-21(31)13-18(14-24(27)39-9-4)15-25-28(34)33-26(20(29(35)36-5)17-32-30(33)41-25)19-10-11-22(37-7-2)23(16-19)38-8-3/h1,10-11,13-17,26H,7-9,12H2,2-5H3/b25-15-/t26-/m0/s1. The Balaban J connectivity index is 1.88. The van der Waals surface area contributed by atoms with Gasteiger partial charge in [-0.3, -0.25) is 9.36 Å². The van der Waals surface area contributed by atoms with Crippen LogP contribution in [-0.4, -0.2) is 44.1 Å². The summed E-state index contributed by atoms with van der Waals surface area (Å²) in [5, 5.41) is 0. The molecule has 1 aliphatic rings. The average molecular weight is 642 g/mol. The summed E-state index contributed by atoms with van der Waals surface area (Å²) >= 11 is 4.73. The Bertz CT molecular complexity index is 1700. The molecule has 0 unspecified atom stereocenters. The Labute approximate surface area is 249 Å². The fraction of sp³-hybridized carbons (Fsp3) is 0.300. The first-order valence-corrected chi connectivity index (χ1v) is 14.5. The monoisotopic (exact) mass is 640 g/mol. The number of terminal acetylenes is 1. The quantitative estimate of drug-likeness (QED) is 0.231. The van der Waals surface area contributed by atoms with Gasteiger partial charge in [-0.05, 0) is 78.2 Å². The average Bonchev–Trinajstić information content (AvgIpc) is 3.27. The minimum absolute atomic E-state index is 0.0791. The van der Waals surface area contributed by atoms with Crippen molar-refractivity contribution in [1.29, 1.82) is 0 Å². The first kappa shape index (κ1) is 30.0. The molecule has 3 aromatic rings. The molecule has 9 nitrogen and oxygen atoms in total. The molecule has 2 heterocycles. The van der Waals surface area contributed by atoms with Gasteiger partial charge >= 0.3 is 5.97 Å². The lowest BCUT2D eigenvalue weighted by atomic mass is 9.97. The van der Waals surface area contributed by atoms with Crippen LogP contribution in [0.5, 0.6) is 23.0 Å². The van der Waals surface area contributed by atoms with Crippen molar-refractivity contribution in [2.24, 2.45) is 4.99 Å². The first-order chi connectivity index (χ1) is 19.9. The highest BCUT2D eigenvalue weighted by Gasteiger charge is 2.31. The Morgan fingerprint density at radius 3 is 2.46 bits per heavy atom. The first-order valence-electron chi connectivity index (χ1n) is 12.9. The maximum atomic E-state index is 13.9. The van der Waals surface area contributed by atoms with E-state index in [-0.39, 0.29) is 17.7 Å². The number of thiazole rings is 1. The number of methoxy groups -OCH3 is 1. The number of esters is 1. The molecule has 0 radical (unpaired) electrons. The van der Waals surface area contributed by atoms with Crippen LogP contribution in [0.15, 0.2) is 56.4 Å². The molecule has 0 N–H and O–H groups in total. The third-order valence-electron chi connectivity index (χ3n) is 5.94. The second kappa shape index (κ2) is 13.6. The Morgan fingerprint density at radius 2 is 1.78 bits per heavy atom. The number of hydrogen-bond donors (Lipinski definition) is 0. The van der Waals surface area contributed by atoms with Gasteiger partial charge in [-0.15, -0.1) is 6.42 Å². The summed E-state index contributed by atoms with van der Waals surface area (Å²) in [5.74, 6) is 3.90. The van der Waals surface area contributed by atoms with Crippen molar-refractivity contribution in [1.82, 2.24) is 4.57 Å². The van der Waals surface area contributed by atoms with Crippen molar-refractivity contribution in [2.75, 3.05) is 33.5 Å². The number of ether oxygens (including phenoxy) is 5. The van der Waals surface area contributed by atoms with Crippen molar-refractivity contribution >= 4 is 39.3 Å². The molecule has 1 aliphatic heterocycles. The predicted octanol–water partition coefficient (Wildman–Crippen LogP) is 3.99. The van der Waals surface area contributed by atoms with E-state index in [1.54, 1.807) is 30.3 Å². The van der Waals surface area contributed by atoms with Crippen LogP contribution < -0.4 is 33.8 Å². The van der Waals surface area contributed by atoms with Gasteiger partial charge in [0.2, 0.25) is 0 Å². The molecule has 2 aromatic carbocycles. The van der Waals surface area contributed by atoms with E-state index in [1.807, 2.05) is 26.8 Å². The van der Waals surface area contributed by atoms with Crippen molar-refractivity contribution < 1.29 is 28.5 Å². The van der Waals surface area contributed by atoms with E-state index in [0.29, 0.717) is 67.8 Å². The molecule has 4 rings (SSSR count). The van der Waals surface area contributed by atoms with Crippen LogP contribution in [0.2, 0.25) is 0 Å². The minimum Gasteiger partial charge on any atom is -0.490 e. The summed E-state index contributed by atoms with van der Waals surface area (Å²) in [5.41, 5.74) is 1.24. The van der Waals surface area contributed by atoms with E-state index >= 15 is 0 Å². The largest absolute Gasteiger partial charge is 0.490 e. The van der Waals surface area contributed by atoms with Crippen LogP contribution in [0.3, 0.4) is 0 Å². The molecule has 41 heavy (non-hydrogen) atoms. The number of halogens is 1. The fourth-order valence-corrected chi connectivity index (χ4v) is 5.87. The van der Waals surface area contributed by atoms with E-state index in [4.69, 9.17) is 30.1 Å². The van der Waals surface area contributed by atoms with Crippen molar-refractivity contribution in [3.8, 4) is 35.3 Å². The van der Waals surface area contributed by atoms with E-state index in [9.17, 15) is 9.59 Å². The van der Waals surface area contributed by atoms with Crippen LogP contribution in [0, 0.1) is 12.3 Å². The van der Waals surface area contributed by atoms with Crippen molar-refractivity contribution in [3.05, 3.63) is 77.4 Å². The van der Waals surface area contributed by atoms with Crippen LogP contribution in [0.1, 0.15) is 37.9 Å². The van der Waals surface area contributed by atoms with Crippen LogP contribution in [0.25, 0.3) is 6.08 Å². The lowest BCUT2D eigenvalue weighted by molar-refractivity contribution is -0.136. The highest BCUT2D eigenvalue weighted by Crippen LogP contribution is 2.37. The molecule has 0 spiro atoms. The van der Waals surface area contributed by atoms with Gasteiger partial charge < -0.3 is 23.7 Å². The second-order valence-corrected chi connectivity index (χ2v) is 10.4. The third kappa shape index (κ3) is 6.34. The number of benzene rings is 2. The van der Waals surface area contributed by atoms with E-state index in [1.165, 1.54) is 29.2 Å². The van der Waals surface area contributed by atoms with Gasteiger partial charge in [-0.1, -0.05) is 23.3 Å². The molecule has 0 saturated heterocycles. The number of nitrogens with zero attached hydrogens (tertiary/aromatic N) is 2. The lowest BCUT2D eigenvalue weighted by Gasteiger charge is -2.23. The van der Waals surface area contributed by atoms with Crippen LogP contribution in [0.4, 0.5) is 0 Å². The summed E-state index contributed by atoms with van der Waals surface area (Å²) in [4.78, 5) is 31.6. The zero-order valence-electron chi connectivity index (χ0n) is 23.1. The Hall–Kier alpha value is -4.01. The molecular formula is C30H29BrN2O7S. The normalized spacial score (nSPS) is 14.3. The van der Waals surface area contributed by atoms with Gasteiger partial charge in [0, 0.05) is 6.20 Å². The highest BCUT2D eigenvalue weighted by atomic mass is 79.9. The van der Waals surface area contributed by atoms with Gasteiger partial charge in [0.1, 0.15) is 6.61 Å². The number of rotatable bonds is 11. The van der Waals surface area contributed by atoms with Gasteiger partial charge in [0.15, 0.2) is 27.8 Å². The molecule has 0 amide bonds. The number of fused-ring (bicyclic) bond motifs is 1. The summed E-state index contributed by atoms with van der Waals surface area (Å²) in [6.07, 6.45) is 8.54. The Morgan fingerprint density at radius 1 is 1.07 bits per heavy atom. The predicted molar refractivity (Wildman–Crippen MR) is 160 cm³/mol. The van der Waals surface area contributed by atoms with Gasteiger partial charge in [0.25, 0.3) is 5.56 Å². The summed E-state index contributed by atoms with van der Waals surface area (Å²) in [6.45, 7) is 6.98. The van der Waals surface area contributed by atoms with E-state index < -0.39 is 12.0 Å². The zero-order valence-corrected chi connectivity index (χ0v) is 25.5. The molecule has 1 atom stereocenters. The molecule has 0 aliphatic carbocycles. The SMILES string of the molecule is C#CCOc1c(Br)cc(/C=c2\sc3n(c2=O)[C@@H](c2ccc(OCC)c(OCC)c2)C(C(=O)OC)=CN=3)cc1OCC. The maximum absolute atomic E-state index is 13.9. The lowest BCUT2D eigenvalue weighted by Crippen LogP contribution is -2.39. The summed E-state index contributed by atoms with van der Waals surface area (Å²) in [6, 6.07) is 8.14. The maximum Gasteiger partial charge on any atom is 0.337 e. The summed E-state index contributed by atoms with van der Waals surface area (Å²) < 4.78 is 30.5. The highest BCUT2D eigenvalue weighted by molar-refractivity contribution is 9.10. The number of carbonyl (C=O) groups is 1. The topological polar surface area (TPSA) is 97.6 Å². The molecule has 11 heteroatoms. The molecule has 1 aromatic heterocycles. The smallest absolute Gasteiger partial charge is 0.337 e. The van der Waals surface area contributed by atoms with Crippen molar-refractivity contribution in [3.63, 3.8) is 0 Å². The van der Waals surface area contributed by atoms with E-state index in [0.717, 1.165) is 0 Å². The fourth-order valence-electron chi connectivity index (χ4n) is 4.33. The van der Waals surface area contributed by atoms with Gasteiger partial charge in [-0.2, -0.15) is 0 Å². The number of hydrogen-bond acceptors (Lipinski definition) is 9. The zero-order chi connectivity index (χ0) is 29.5. The third-order valence-corrected chi connectivity index (χ3v) is 7.52. The number of aromatic nitrogens is 1. The molecule has 0 bridgehead atoms. The molecule has 0 saturated carbocycles. The van der Waals surface area contributed by atoms with E-state index in [2.05, 4.69) is 26.8 Å². The van der Waals surface area contributed by atoms with Crippen molar-refractivity contribution in [2.45, 2.75) is 26.8 Å².